The zero-order valence-electron chi connectivity index (χ0n) is 14.6. The molecule has 2 aromatic carbocycles. The van der Waals surface area contributed by atoms with Crippen molar-refractivity contribution in [2.75, 3.05) is 7.11 Å². The number of ether oxygens (including phenoxy) is 2. The Hall–Kier alpha value is -3.25. The highest BCUT2D eigenvalue weighted by Crippen LogP contribution is 2.49. The van der Waals surface area contributed by atoms with E-state index < -0.39 is 6.23 Å². The predicted molar refractivity (Wildman–Crippen MR) is 97.2 cm³/mol. The fourth-order valence-corrected chi connectivity index (χ4v) is 3.61. The van der Waals surface area contributed by atoms with Gasteiger partial charge in [0.05, 0.1) is 25.1 Å². The summed E-state index contributed by atoms with van der Waals surface area (Å²) in [6.07, 6.45) is 3.18. The third kappa shape index (κ3) is 2.57. The number of hydrogen-bond donors (Lipinski definition) is 1. The summed E-state index contributed by atoms with van der Waals surface area (Å²) in [6.45, 7) is 0. The van der Waals surface area contributed by atoms with E-state index in [1.807, 2.05) is 41.4 Å². The Morgan fingerprint density at radius 2 is 2.00 bits per heavy atom. The first-order valence-corrected chi connectivity index (χ1v) is 8.64. The van der Waals surface area contributed by atoms with Crippen LogP contribution in [0.2, 0.25) is 0 Å². The van der Waals surface area contributed by atoms with Crippen LogP contribution in [-0.4, -0.2) is 12.1 Å². The van der Waals surface area contributed by atoms with Crippen LogP contribution in [0.3, 0.4) is 0 Å². The van der Waals surface area contributed by atoms with Crippen molar-refractivity contribution in [1.29, 1.82) is 0 Å². The fourth-order valence-electron chi connectivity index (χ4n) is 3.61. The smallest absolute Gasteiger partial charge is 0.196 e. The normalized spacial score (nSPS) is 20.9. The van der Waals surface area contributed by atoms with Crippen LogP contribution >= 0.6 is 0 Å². The first kappa shape index (κ1) is 16.0. The Labute approximate surface area is 155 Å². The minimum Gasteiger partial charge on any atom is -0.493 e. The number of hydrazine groups is 1. The van der Waals surface area contributed by atoms with E-state index in [-0.39, 0.29) is 11.9 Å². The predicted octanol–water partition coefficient (Wildman–Crippen LogP) is 4.42. The lowest BCUT2D eigenvalue weighted by molar-refractivity contribution is -0.0346. The molecule has 0 radical (unpaired) electrons. The molecule has 3 aromatic rings. The van der Waals surface area contributed by atoms with Gasteiger partial charge in [-0.25, -0.2) is 4.39 Å². The summed E-state index contributed by atoms with van der Waals surface area (Å²) in [5.41, 5.74) is 5.87. The van der Waals surface area contributed by atoms with Gasteiger partial charge in [-0.1, -0.05) is 24.3 Å². The number of nitrogens with zero attached hydrogens (tertiary/aromatic N) is 1. The monoisotopic (exact) mass is 364 g/mol. The average molecular weight is 364 g/mol. The Morgan fingerprint density at radius 3 is 2.78 bits per heavy atom. The molecule has 0 fully saturated rings. The van der Waals surface area contributed by atoms with Crippen molar-refractivity contribution in [3.8, 4) is 11.5 Å². The molecule has 0 saturated heterocycles. The maximum absolute atomic E-state index is 13.9. The summed E-state index contributed by atoms with van der Waals surface area (Å²) in [4.78, 5) is 0. The molecule has 0 spiro atoms. The molecule has 0 amide bonds. The molecule has 5 rings (SSSR count). The lowest BCUT2D eigenvalue weighted by atomic mass is 10.0. The number of hydrogen-bond acceptors (Lipinski definition) is 5. The quantitative estimate of drug-likeness (QED) is 0.745. The highest BCUT2D eigenvalue weighted by Gasteiger charge is 2.41. The molecule has 2 unspecified atom stereocenters. The minimum absolute atomic E-state index is 0.114. The van der Waals surface area contributed by atoms with E-state index in [9.17, 15) is 4.39 Å². The van der Waals surface area contributed by atoms with Gasteiger partial charge in [0, 0.05) is 11.1 Å². The number of fused-ring (bicyclic) bond motifs is 3. The molecule has 1 aromatic heterocycles. The summed E-state index contributed by atoms with van der Waals surface area (Å²) in [5, 5.41) is 1.95. The van der Waals surface area contributed by atoms with Gasteiger partial charge in [0.1, 0.15) is 5.82 Å². The van der Waals surface area contributed by atoms with Crippen molar-refractivity contribution >= 4 is 5.70 Å². The van der Waals surface area contributed by atoms with Gasteiger partial charge in [0.25, 0.3) is 0 Å². The van der Waals surface area contributed by atoms with Gasteiger partial charge < -0.3 is 19.3 Å². The minimum atomic E-state index is -0.529. The van der Waals surface area contributed by atoms with Gasteiger partial charge in [-0.2, -0.15) is 5.01 Å². The number of rotatable bonds is 3. The second kappa shape index (κ2) is 6.17. The highest BCUT2D eigenvalue weighted by atomic mass is 19.1. The van der Waals surface area contributed by atoms with Gasteiger partial charge in [0.2, 0.25) is 0 Å². The van der Waals surface area contributed by atoms with Crippen LogP contribution < -0.4 is 14.9 Å². The molecule has 0 saturated carbocycles. The number of para-hydroxylation sites is 1. The first-order chi connectivity index (χ1) is 13.2. The van der Waals surface area contributed by atoms with E-state index in [2.05, 4.69) is 11.5 Å². The molecule has 2 atom stereocenters. The van der Waals surface area contributed by atoms with Crippen molar-refractivity contribution in [3.05, 3.63) is 89.6 Å². The molecule has 5 nitrogen and oxygen atoms in total. The molecular weight excluding hydrogens is 347 g/mol. The molecule has 2 aliphatic rings. The summed E-state index contributed by atoms with van der Waals surface area (Å²) < 4.78 is 31.2. The lowest BCUT2D eigenvalue weighted by Gasteiger charge is -2.39. The number of halogens is 1. The average Bonchev–Trinajstić information content (AvgIpc) is 3.36. The third-order valence-corrected chi connectivity index (χ3v) is 4.82. The number of benzene rings is 2. The molecule has 6 heteroatoms. The van der Waals surface area contributed by atoms with Crippen LogP contribution in [0.15, 0.2) is 71.4 Å². The van der Waals surface area contributed by atoms with E-state index in [0.29, 0.717) is 17.1 Å². The van der Waals surface area contributed by atoms with Gasteiger partial charge in [0.15, 0.2) is 23.5 Å². The van der Waals surface area contributed by atoms with Gasteiger partial charge in [-0.05, 0) is 36.4 Å². The maximum Gasteiger partial charge on any atom is 0.196 e. The Kier molecular flexibility index (Phi) is 3.65. The van der Waals surface area contributed by atoms with Crippen molar-refractivity contribution in [1.82, 2.24) is 10.4 Å². The van der Waals surface area contributed by atoms with Crippen molar-refractivity contribution in [2.45, 2.75) is 12.3 Å². The molecule has 136 valence electrons. The summed E-state index contributed by atoms with van der Waals surface area (Å²) in [6, 6.07) is 15.8. The second-order valence-electron chi connectivity index (χ2n) is 6.43. The molecule has 2 aliphatic heterocycles. The van der Waals surface area contributed by atoms with Crippen molar-refractivity contribution in [2.24, 2.45) is 0 Å². The van der Waals surface area contributed by atoms with Crippen molar-refractivity contribution in [3.63, 3.8) is 0 Å². The zero-order valence-corrected chi connectivity index (χ0v) is 14.6. The highest BCUT2D eigenvalue weighted by molar-refractivity contribution is 5.65. The third-order valence-electron chi connectivity index (χ3n) is 4.82. The van der Waals surface area contributed by atoms with E-state index in [1.165, 1.54) is 12.1 Å². The Balaban J connectivity index is 1.64. The van der Waals surface area contributed by atoms with Gasteiger partial charge in [-0.15, -0.1) is 0 Å². The van der Waals surface area contributed by atoms with Crippen LogP contribution in [-0.2, 0) is 0 Å². The number of furan rings is 1. The number of methoxy groups -OCH3 is 1. The molecule has 3 heterocycles. The van der Waals surface area contributed by atoms with Crippen LogP contribution in [0.5, 0.6) is 11.5 Å². The number of nitrogens with one attached hydrogen (secondary N) is 1. The van der Waals surface area contributed by atoms with Crippen LogP contribution in [0.1, 0.15) is 29.2 Å². The van der Waals surface area contributed by atoms with E-state index in [1.54, 1.807) is 19.4 Å². The molecule has 0 bridgehead atoms. The van der Waals surface area contributed by atoms with Crippen LogP contribution in [0.25, 0.3) is 5.70 Å². The summed E-state index contributed by atoms with van der Waals surface area (Å²) in [5.74, 6) is 1.73. The SMILES string of the molecule is COc1cccc2c1OC(c1cccc(F)c1)N1NC(c3ccco3)=CC21. The van der Waals surface area contributed by atoms with Crippen LogP contribution in [0.4, 0.5) is 4.39 Å². The van der Waals surface area contributed by atoms with Gasteiger partial charge in [-0.3, -0.25) is 0 Å². The molecule has 1 N–H and O–H groups in total. The summed E-state index contributed by atoms with van der Waals surface area (Å²) in [7, 11) is 1.61. The maximum atomic E-state index is 13.9. The molecular formula is C21H17FN2O3. The van der Waals surface area contributed by atoms with E-state index in [0.717, 1.165) is 17.0 Å². The standard InChI is InChI=1S/C21H17FN2O3/c1-25-19-8-3-7-15-17-12-16(18-9-4-10-26-18)23-24(17)21(27-20(15)19)13-5-2-6-14(22)11-13/h2-12,17,21,23H,1H3. The van der Waals surface area contributed by atoms with Gasteiger partial charge >= 0.3 is 0 Å². The van der Waals surface area contributed by atoms with E-state index >= 15 is 0 Å². The second-order valence-corrected chi connectivity index (χ2v) is 6.43. The lowest BCUT2D eigenvalue weighted by Crippen LogP contribution is -2.43. The molecule has 0 aliphatic carbocycles. The van der Waals surface area contributed by atoms with Crippen LogP contribution in [0, 0.1) is 5.82 Å². The first-order valence-electron chi connectivity index (χ1n) is 8.64. The largest absolute Gasteiger partial charge is 0.493 e. The zero-order chi connectivity index (χ0) is 18.4. The topological polar surface area (TPSA) is 46.9 Å². The summed E-state index contributed by atoms with van der Waals surface area (Å²) >= 11 is 0. The molecule has 27 heavy (non-hydrogen) atoms. The fraction of sp³-hybridized carbons (Fsp3) is 0.143. The van der Waals surface area contributed by atoms with E-state index in [4.69, 9.17) is 13.9 Å². The Bertz CT molecular complexity index is 1020. The van der Waals surface area contributed by atoms with Crippen molar-refractivity contribution < 1.29 is 18.3 Å². The Morgan fingerprint density at radius 1 is 1.11 bits per heavy atom.